The van der Waals surface area contributed by atoms with Crippen LogP contribution in [0.4, 0.5) is 4.79 Å². The maximum absolute atomic E-state index is 13.2. The zero-order chi connectivity index (χ0) is 43.6. The molecule has 0 aromatic carbocycles. The highest BCUT2D eigenvalue weighted by molar-refractivity contribution is 8.13. The van der Waals surface area contributed by atoms with E-state index in [1.165, 1.54) is 50.3 Å². The van der Waals surface area contributed by atoms with Gasteiger partial charge in [0.1, 0.15) is 26.4 Å². The molecular formula is C44H74N2O13S. The number of unbranched alkanes of at least 4 members (excludes halogenated alkanes) is 4. The van der Waals surface area contributed by atoms with Crippen molar-refractivity contribution in [3.63, 3.8) is 0 Å². The highest BCUT2D eigenvalue weighted by Crippen LogP contribution is 2.28. The predicted molar refractivity (Wildman–Crippen MR) is 227 cm³/mol. The lowest BCUT2D eigenvalue weighted by Crippen LogP contribution is -2.31. The second-order valence-electron chi connectivity index (χ2n) is 16.4. The summed E-state index contributed by atoms with van der Waals surface area (Å²) in [5.74, 6) is 0.109. The molecule has 0 radical (unpaired) electrons. The molecule has 2 fully saturated rings. The van der Waals surface area contributed by atoms with Crippen LogP contribution in [0.2, 0.25) is 0 Å². The first kappa shape index (κ1) is 52.7. The minimum atomic E-state index is -0.885. The first-order valence-corrected chi connectivity index (χ1v) is 23.4. The molecular weight excluding hydrogens is 797 g/mol. The van der Waals surface area contributed by atoms with Gasteiger partial charge in [-0.05, 0) is 77.4 Å². The van der Waals surface area contributed by atoms with Gasteiger partial charge in [-0.15, -0.1) is 0 Å². The van der Waals surface area contributed by atoms with Crippen LogP contribution in [0.5, 0.6) is 0 Å². The average molecular weight is 871 g/mol. The van der Waals surface area contributed by atoms with E-state index in [9.17, 15) is 33.6 Å². The predicted octanol–water partition coefficient (Wildman–Crippen LogP) is 7.19. The largest absolute Gasteiger partial charge is 0.464 e. The van der Waals surface area contributed by atoms with E-state index in [1.807, 2.05) is 19.0 Å². The van der Waals surface area contributed by atoms with Crippen LogP contribution in [0.25, 0.3) is 0 Å². The van der Waals surface area contributed by atoms with Crippen molar-refractivity contribution in [2.24, 2.45) is 11.8 Å². The summed E-state index contributed by atoms with van der Waals surface area (Å²) in [4.78, 5) is 88.6. The monoisotopic (exact) mass is 870 g/mol. The fraction of sp³-hybridized carbons (Fsp3) is 0.841. The summed E-state index contributed by atoms with van der Waals surface area (Å²) in [7, 11) is 3.98. The summed E-state index contributed by atoms with van der Waals surface area (Å²) in [6.07, 6.45) is 17.1. The molecule has 0 heterocycles. The molecule has 2 aliphatic rings. The quantitative estimate of drug-likeness (QED) is 0.0274. The van der Waals surface area contributed by atoms with Gasteiger partial charge in [-0.2, -0.15) is 0 Å². The van der Waals surface area contributed by atoms with Crippen molar-refractivity contribution >= 4 is 53.8 Å². The number of ether oxygens (including phenoxy) is 6. The number of esters is 4. The zero-order valence-electron chi connectivity index (χ0n) is 36.5. The second-order valence-corrected chi connectivity index (χ2v) is 17.5. The molecule has 0 N–H and O–H groups in total. The van der Waals surface area contributed by atoms with Crippen molar-refractivity contribution in [3.8, 4) is 0 Å². The molecule has 15 nitrogen and oxygen atoms in total. The molecule has 16 heteroatoms. The Morgan fingerprint density at radius 2 is 1.00 bits per heavy atom. The standard InChI is InChI=1S/C44H74N2O13S/c1-45(2)26-15-29-60-44(53)46(27-13-5-11-20-42(51)58-38(30-54-34-47)32-56-40(49)24-22-36-16-7-3-8-17-36)28-14-6-12-21-43(52)59-39(31-55-35-48)33-57-41(50)25-23-37-18-9-4-10-19-37/h34-39H,3-33H2,1-2H3. The fourth-order valence-corrected chi connectivity index (χ4v) is 8.36. The van der Waals surface area contributed by atoms with Gasteiger partial charge in [0.2, 0.25) is 0 Å². The molecule has 344 valence electrons. The summed E-state index contributed by atoms with van der Waals surface area (Å²) >= 11 is 1.29. The van der Waals surface area contributed by atoms with E-state index in [4.69, 9.17) is 28.4 Å². The van der Waals surface area contributed by atoms with E-state index >= 15 is 0 Å². The smallest absolute Gasteiger partial charge is 0.306 e. The average Bonchev–Trinajstić information content (AvgIpc) is 3.25. The molecule has 0 saturated heterocycles. The zero-order valence-corrected chi connectivity index (χ0v) is 37.3. The Labute approximate surface area is 362 Å². The van der Waals surface area contributed by atoms with Gasteiger partial charge < -0.3 is 38.2 Å². The molecule has 1 amide bonds. The lowest BCUT2D eigenvalue weighted by Gasteiger charge is -2.22. The van der Waals surface area contributed by atoms with Gasteiger partial charge in [0, 0.05) is 44.5 Å². The third-order valence-corrected chi connectivity index (χ3v) is 12.0. The van der Waals surface area contributed by atoms with Crippen LogP contribution in [-0.2, 0) is 57.2 Å². The van der Waals surface area contributed by atoms with E-state index in [2.05, 4.69) is 4.90 Å². The lowest BCUT2D eigenvalue weighted by atomic mass is 9.86. The number of carbonyl (C=O) groups excluding carboxylic acids is 7. The van der Waals surface area contributed by atoms with Gasteiger partial charge in [0.25, 0.3) is 18.2 Å². The molecule has 60 heavy (non-hydrogen) atoms. The van der Waals surface area contributed by atoms with Crippen molar-refractivity contribution in [2.45, 2.75) is 160 Å². The summed E-state index contributed by atoms with van der Waals surface area (Å²) in [6.45, 7) is 1.67. The molecule has 0 aromatic rings. The minimum Gasteiger partial charge on any atom is -0.464 e. The second kappa shape index (κ2) is 34.2. The molecule has 2 unspecified atom stereocenters. The van der Waals surface area contributed by atoms with Crippen molar-refractivity contribution in [1.29, 1.82) is 0 Å². The number of carbonyl (C=O) groups is 7. The van der Waals surface area contributed by atoms with E-state index in [0.717, 1.165) is 51.5 Å². The van der Waals surface area contributed by atoms with Gasteiger partial charge in [-0.3, -0.25) is 33.6 Å². The minimum absolute atomic E-state index is 0.00908. The Kier molecular flexibility index (Phi) is 30.1. The first-order chi connectivity index (χ1) is 29.1. The Balaban J connectivity index is 1.72. The molecule has 0 aromatic heterocycles. The molecule has 0 aliphatic heterocycles. The Morgan fingerprint density at radius 3 is 1.42 bits per heavy atom. The first-order valence-electron chi connectivity index (χ1n) is 22.5. The van der Waals surface area contributed by atoms with Gasteiger partial charge in [-0.25, -0.2) is 0 Å². The van der Waals surface area contributed by atoms with Crippen LogP contribution in [0.15, 0.2) is 0 Å². The maximum atomic E-state index is 13.2. The molecule has 2 saturated carbocycles. The van der Waals surface area contributed by atoms with Crippen LogP contribution in [0.1, 0.15) is 148 Å². The van der Waals surface area contributed by atoms with Gasteiger partial charge in [0.15, 0.2) is 12.2 Å². The van der Waals surface area contributed by atoms with Crippen LogP contribution in [-0.4, -0.2) is 130 Å². The summed E-state index contributed by atoms with van der Waals surface area (Å²) in [5, 5.41) is -0.00908. The topological polar surface area (TPSA) is 181 Å². The number of hydrogen-bond acceptors (Lipinski definition) is 15. The van der Waals surface area contributed by atoms with E-state index in [0.29, 0.717) is 82.0 Å². The molecule has 2 rings (SSSR count). The fourth-order valence-electron chi connectivity index (χ4n) is 7.55. The third-order valence-electron chi connectivity index (χ3n) is 11.0. The van der Waals surface area contributed by atoms with Gasteiger partial charge in [0.05, 0.1) is 0 Å². The summed E-state index contributed by atoms with van der Waals surface area (Å²) < 4.78 is 31.3. The number of nitrogens with zero attached hydrogens (tertiary/aromatic N) is 2. The number of thioether (sulfide) groups is 1. The highest BCUT2D eigenvalue weighted by Gasteiger charge is 2.22. The SMILES string of the molecule is CN(C)CCCSC(=O)N(CCCCCC(=O)OC(COC=O)COC(=O)CCC1CCCCC1)CCCCCC(=O)OC(COC=O)COC(=O)CCC1CCCCC1. The van der Waals surface area contributed by atoms with Crippen LogP contribution >= 0.6 is 11.8 Å². The van der Waals surface area contributed by atoms with Crippen molar-refractivity contribution in [1.82, 2.24) is 9.80 Å². The molecule has 2 aliphatic carbocycles. The van der Waals surface area contributed by atoms with Crippen LogP contribution in [0.3, 0.4) is 0 Å². The van der Waals surface area contributed by atoms with E-state index in [1.54, 1.807) is 0 Å². The molecule has 0 bridgehead atoms. The number of hydrogen-bond donors (Lipinski definition) is 0. The third kappa shape index (κ3) is 27.4. The van der Waals surface area contributed by atoms with Gasteiger partial charge in [-0.1, -0.05) is 88.8 Å². The normalized spacial score (nSPS) is 15.7. The molecule has 2 atom stereocenters. The van der Waals surface area contributed by atoms with Gasteiger partial charge >= 0.3 is 23.9 Å². The van der Waals surface area contributed by atoms with E-state index in [-0.39, 0.29) is 69.4 Å². The maximum Gasteiger partial charge on any atom is 0.306 e. The molecule has 0 spiro atoms. The lowest BCUT2D eigenvalue weighted by molar-refractivity contribution is -0.164. The number of amides is 1. The number of rotatable bonds is 34. The van der Waals surface area contributed by atoms with Crippen LogP contribution < -0.4 is 0 Å². The van der Waals surface area contributed by atoms with Crippen molar-refractivity contribution in [2.75, 3.05) is 65.9 Å². The highest BCUT2D eigenvalue weighted by atomic mass is 32.2. The van der Waals surface area contributed by atoms with Crippen LogP contribution in [0, 0.1) is 11.8 Å². The van der Waals surface area contributed by atoms with Crippen molar-refractivity contribution in [3.05, 3.63) is 0 Å². The summed E-state index contributed by atoms with van der Waals surface area (Å²) in [5.41, 5.74) is 0. The Hall–Kier alpha value is -3.40. The Morgan fingerprint density at radius 1 is 0.550 bits per heavy atom. The Bertz CT molecular complexity index is 1150. The summed E-state index contributed by atoms with van der Waals surface area (Å²) in [6, 6.07) is 0. The van der Waals surface area contributed by atoms with E-state index < -0.39 is 24.1 Å². The van der Waals surface area contributed by atoms with Crippen molar-refractivity contribution < 1.29 is 62.0 Å².